The fraction of sp³-hybridized carbons (Fsp3) is 0.261. The number of benzene rings is 2. The van der Waals surface area contributed by atoms with Gasteiger partial charge in [0.05, 0.1) is 22.8 Å². The molecular weight excluding hydrogens is 400 g/mol. The van der Waals surface area contributed by atoms with Crippen LogP contribution >= 0.6 is 0 Å². The number of aromatic amines is 1. The molecule has 0 fully saturated rings. The molecule has 1 N–H and O–H groups in total. The molecule has 2 heterocycles. The van der Waals surface area contributed by atoms with Gasteiger partial charge in [0, 0.05) is 30.8 Å². The fourth-order valence-corrected chi connectivity index (χ4v) is 5.19. The summed E-state index contributed by atoms with van der Waals surface area (Å²) in [6.45, 7) is 4.40. The zero-order valence-corrected chi connectivity index (χ0v) is 17.8. The van der Waals surface area contributed by atoms with Crippen LogP contribution in [0.3, 0.4) is 0 Å². The number of ether oxygens (including phenoxy) is 1. The molecule has 156 valence electrons. The Morgan fingerprint density at radius 1 is 1.10 bits per heavy atom. The van der Waals surface area contributed by atoms with Crippen molar-refractivity contribution < 1.29 is 17.9 Å². The topological polar surface area (TPSA) is 79.5 Å². The van der Waals surface area contributed by atoms with Crippen LogP contribution in [-0.4, -0.2) is 36.8 Å². The van der Waals surface area contributed by atoms with Crippen LogP contribution in [0.4, 0.5) is 0 Å². The predicted molar refractivity (Wildman–Crippen MR) is 115 cm³/mol. The molecule has 0 bridgehead atoms. The summed E-state index contributed by atoms with van der Waals surface area (Å²) in [5.74, 6) is -0.441. The summed E-state index contributed by atoms with van der Waals surface area (Å²) in [6, 6.07) is 16.4. The average Bonchev–Trinajstić information content (AvgIpc) is 3.14. The first-order valence-corrected chi connectivity index (χ1v) is 11.4. The highest BCUT2D eigenvalue weighted by Crippen LogP contribution is 2.34. The van der Waals surface area contributed by atoms with E-state index in [9.17, 15) is 13.2 Å². The van der Waals surface area contributed by atoms with Crippen molar-refractivity contribution in [2.75, 3.05) is 13.2 Å². The number of hydrogen-bond donors (Lipinski definition) is 1. The van der Waals surface area contributed by atoms with Crippen molar-refractivity contribution in [3.8, 4) is 11.3 Å². The molecule has 0 radical (unpaired) electrons. The number of esters is 1. The summed E-state index contributed by atoms with van der Waals surface area (Å²) in [6.07, 6.45) is 0.500. The highest BCUT2D eigenvalue weighted by Gasteiger charge is 2.34. The van der Waals surface area contributed by atoms with Gasteiger partial charge in [-0.1, -0.05) is 48.0 Å². The number of carbonyl (C=O) groups is 1. The number of aromatic nitrogens is 1. The van der Waals surface area contributed by atoms with Gasteiger partial charge >= 0.3 is 5.97 Å². The van der Waals surface area contributed by atoms with Crippen LogP contribution in [0.25, 0.3) is 11.3 Å². The molecule has 4 rings (SSSR count). The number of carbonyl (C=O) groups excluding carboxylic acids is 1. The number of hydrogen-bond acceptors (Lipinski definition) is 4. The molecule has 0 atom stereocenters. The van der Waals surface area contributed by atoms with Crippen molar-refractivity contribution >= 4 is 16.0 Å². The molecule has 6 nitrogen and oxygen atoms in total. The molecule has 7 heteroatoms. The molecule has 0 spiro atoms. The van der Waals surface area contributed by atoms with Gasteiger partial charge < -0.3 is 9.72 Å². The van der Waals surface area contributed by atoms with Crippen LogP contribution in [0.5, 0.6) is 0 Å². The summed E-state index contributed by atoms with van der Waals surface area (Å²) in [5, 5.41) is 0. The summed E-state index contributed by atoms with van der Waals surface area (Å²) in [5.41, 5.74) is 4.53. The van der Waals surface area contributed by atoms with Crippen LogP contribution in [-0.2, 0) is 27.7 Å². The quantitative estimate of drug-likeness (QED) is 0.630. The van der Waals surface area contributed by atoms with Crippen molar-refractivity contribution in [1.82, 2.24) is 9.29 Å². The van der Waals surface area contributed by atoms with Crippen molar-refractivity contribution in [2.45, 2.75) is 31.7 Å². The standard InChI is InChI=1S/C23H24N2O4S/c1-3-29-23(26)21-19-15-25(30(27,28)18-11-9-16(2)10-12-18)14-13-20(19)24-22(21)17-7-5-4-6-8-17/h4-12,24H,3,13-15H2,1-2H3. The van der Waals surface area contributed by atoms with Crippen LogP contribution in [0.2, 0.25) is 0 Å². The Balaban J connectivity index is 1.76. The monoisotopic (exact) mass is 424 g/mol. The minimum absolute atomic E-state index is 0.128. The van der Waals surface area contributed by atoms with Crippen molar-refractivity contribution in [3.63, 3.8) is 0 Å². The van der Waals surface area contributed by atoms with Crippen LogP contribution < -0.4 is 0 Å². The Labute approximate surface area is 176 Å². The molecule has 0 saturated heterocycles. The molecule has 1 aromatic heterocycles. The zero-order valence-electron chi connectivity index (χ0n) is 17.0. The van der Waals surface area contributed by atoms with Gasteiger partial charge in [-0.25, -0.2) is 13.2 Å². The predicted octanol–water partition coefficient (Wildman–Crippen LogP) is 3.91. The third-order valence-electron chi connectivity index (χ3n) is 5.34. The molecule has 0 aliphatic carbocycles. The molecule has 0 unspecified atom stereocenters. The van der Waals surface area contributed by atoms with E-state index < -0.39 is 16.0 Å². The van der Waals surface area contributed by atoms with Crippen LogP contribution in [0.1, 0.15) is 34.1 Å². The number of H-pyrrole nitrogens is 1. The molecular formula is C23H24N2O4S. The lowest BCUT2D eigenvalue weighted by Crippen LogP contribution is -2.36. The maximum Gasteiger partial charge on any atom is 0.340 e. The van der Waals surface area contributed by atoms with Gasteiger partial charge in [0.25, 0.3) is 0 Å². The number of fused-ring (bicyclic) bond motifs is 1. The zero-order chi connectivity index (χ0) is 21.3. The van der Waals surface area contributed by atoms with Crippen LogP contribution in [0, 0.1) is 6.92 Å². The minimum Gasteiger partial charge on any atom is -0.462 e. The maximum absolute atomic E-state index is 13.2. The Kier molecular flexibility index (Phi) is 5.49. The number of rotatable bonds is 5. The van der Waals surface area contributed by atoms with Gasteiger partial charge in [-0.2, -0.15) is 4.31 Å². The maximum atomic E-state index is 13.2. The first kappa shape index (κ1) is 20.4. The van der Waals surface area contributed by atoms with Crippen molar-refractivity contribution in [3.05, 3.63) is 77.0 Å². The summed E-state index contributed by atoms with van der Waals surface area (Å²) in [4.78, 5) is 16.4. The summed E-state index contributed by atoms with van der Waals surface area (Å²) in [7, 11) is -3.66. The van der Waals surface area contributed by atoms with E-state index in [1.807, 2.05) is 37.3 Å². The van der Waals surface area contributed by atoms with Crippen LogP contribution in [0.15, 0.2) is 59.5 Å². The molecule has 30 heavy (non-hydrogen) atoms. The molecule has 1 aliphatic rings. The van der Waals surface area contributed by atoms with E-state index in [-0.39, 0.29) is 18.0 Å². The average molecular weight is 425 g/mol. The molecule has 1 aliphatic heterocycles. The SMILES string of the molecule is CCOC(=O)c1c(-c2ccccc2)[nH]c2c1CN(S(=O)(=O)c1ccc(C)cc1)CC2. The first-order valence-electron chi connectivity index (χ1n) is 9.95. The highest BCUT2D eigenvalue weighted by molar-refractivity contribution is 7.89. The van der Waals surface area contributed by atoms with Gasteiger partial charge in [0.1, 0.15) is 0 Å². The smallest absolute Gasteiger partial charge is 0.340 e. The van der Waals surface area contributed by atoms with Crippen molar-refractivity contribution in [1.29, 1.82) is 0 Å². The molecule has 0 amide bonds. The van der Waals surface area contributed by atoms with Crippen molar-refractivity contribution in [2.24, 2.45) is 0 Å². The first-order chi connectivity index (χ1) is 14.4. The van der Waals surface area contributed by atoms with E-state index in [1.165, 1.54) is 4.31 Å². The second-order valence-electron chi connectivity index (χ2n) is 7.32. The second kappa shape index (κ2) is 8.08. The molecule has 3 aromatic rings. The Morgan fingerprint density at radius 3 is 2.47 bits per heavy atom. The van der Waals surface area contributed by atoms with Gasteiger partial charge in [-0.15, -0.1) is 0 Å². The van der Waals surface area contributed by atoms with Gasteiger partial charge in [0.15, 0.2) is 0 Å². The molecule has 2 aromatic carbocycles. The Bertz CT molecular complexity index is 1170. The fourth-order valence-electron chi connectivity index (χ4n) is 3.78. The van der Waals surface area contributed by atoms with E-state index in [2.05, 4.69) is 4.98 Å². The normalized spacial score (nSPS) is 14.3. The van der Waals surface area contributed by atoms with E-state index in [0.717, 1.165) is 16.8 Å². The molecule has 0 saturated carbocycles. The number of nitrogens with one attached hydrogen (secondary N) is 1. The van der Waals surface area contributed by atoms with Gasteiger partial charge in [-0.05, 0) is 31.5 Å². The lowest BCUT2D eigenvalue weighted by molar-refractivity contribution is 0.0525. The van der Waals surface area contributed by atoms with E-state index in [0.29, 0.717) is 29.8 Å². The number of sulfonamides is 1. The van der Waals surface area contributed by atoms with E-state index in [1.54, 1.807) is 31.2 Å². The Hall–Kier alpha value is -2.90. The van der Waals surface area contributed by atoms with Gasteiger partial charge in [0.2, 0.25) is 10.0 Å². The Morgan fingerprint density at radius 2 is 1.80 bits per heavy atom. The number of aryl methyl sites for hydroxylation is 1. The third kappa shape index (κ3) is 3.66. The summed E-state index contributed by atoms with van der Waals surface area (Å²) >= 11 is 0. The summed E-state index contributed by atoms with van der Waals surface area (Å²) < 4.78 is 33.1. The van der Waals surface area contributed by atoms with Gasteiger partial charge in [-0.3, -0.25) is 0 Å². The minimum atomic E-state index is -3.66. The highest BCUT2D eigenvalue weighted by atomic mass is 32.2. The largest absolute Gasteiger partial charge is 0.462 e. The third-order valence-corrected chi connectivity index (χ3v) is 7.20. The lowest BCUT2D eigenvalue weighted by atomic mass is 10.0. The lowest BCUT2D eigenvalue weighted by Gasteiger charge is -2.27. The second-order valence-corrected chi connectivity index (χ2v) is 9.26. The number of nitrogens with zero attached hydrogens (tertiary/aromatic N) is 1. The van der Waals surface area contributed by atoms with E-state index >= 15 is 0 Å². The van der Waals surface area contributed by atoms with E-state index in [4.69, 9.17) is 4.74 Å².